The molecule has 29 heavy (non-hydrogen) atoms. The molecule has 0 radical (unpaired) electrons. The molecule has 3 aromatic rings. The van der Waals surface area contributed by atoms with E-state index in [9.17, 15) is 4.79 Å². The van der Waals surface area contributed by atoms with E-state index in [4.69, 9.17) is 14.7 Å². The van der Waals surface area contributed by atoms with E-state index in [0.717, 1.165) is 28.1 Å². The smallest absolute Gasteiger partial charge is 0.268 e. The first kappa shape index (κ1) is 19.9. The van der Waals surface area contributed by atoms with Crippen LogP contribution < -0.4 is 5.56 Å². The normalized spacial score (nSPS) is 15.3. The highest BCUT2D eigenvalue weighted by atomic mass is 32.2. The zero-order valence-electron chi connectivity index (χ0n) is 17.3. The summed E-state index contributed by atoms with van der Waals surface area (Å²) in [6, 6.07) is 9.81. The van der Waals surface area contributed by atoms with Gasteiger partial charge in [0.1, 0.15) is 0 Å². The van der Waals surface area contributed by atoms with E-state index in [2.05, 4.69) is 20.4 Å². The number of hydrogen-bond donors (Lipinski definition) is 0. The predicted octanol–water partition coefficient (Wildman–Crippen LogP) is 4.61. The van der Waals surface area contributed by atoms with E-state index in [1.54, 1.807) is 4.57 Å². The van der Waals surface area contributed by atoms with Gasteiger partial charge in [-0.3, -0.25) is 9.36 Å². The molecule has 5 nitrogen and oxygen atoms in total. The van der Waals surface area contributed by atoms with E-state index >= 15 is 0 Å². The fraction of sp³-hybridized carbons (Fsp3) is 0.348. The fourth-order valence-electron chi connectivity index (χ4n) is 3.38. The summed E-state index contributed by atoms with van der Waals surface area (Å²) in [5.41, 5.74) is 5.02. The third-order valence-corrected chi connectivity index (χ3v) is 6.12. The lowest BCUT2D eigenvalue weighted by Crippen LogP contribution is -2.33. The molecule has 0 bridgehead atoms. The molecule has 3 heterocycles. The van der Waals surface area contributed by atoms with Crippen LogP contribution in [-0.4, -0.2) is 25.9 Å². The van der Waals surface area contributed by atoms with E-state index < -0.39 is 0 Å². The second-order valence-electron chi connectivity index (χ2n) is 8.31. The van der Waals surface area contributed by atoms with Crippen molar-refractivity contribution in [3.05, 3.63) is 69.7 Å². The van der Waals surface area contributed by atoms with Gasteiger partial charge in [-0.15, -0.1) is 0 Å². The molecular formula is C23H25N3O2S. The van der Waals surface area contributed by atoms with Crippen molar-refractivity contribution < 1.29 is 4.74 Å². The molecule has 0 amide bonds. The molecule has 0 unspecified atom stereocenters. The lowest BCUT2D eigenvalue weighted by molar-refractivity contribution is -0.0411. The van der Waals surface area contributed by atoms with E-state index in [0.29, 0.717) is 35.0 Å². The zero-order chi connectivity index (χ0) is 20.8. The number of ether oxygens (including phenoxy) is 1. The maximum atomic E-state index is 13.5. The van der Waals surface area contributed by atoms with Crippen LogP contribution in [-0.2, 0) is 17.8 Å². The fourth-order valence-corrected chi connectivity index (χ4v) is 4.23. The third kappa shape index (κ3) is 4.00. The van der Waals surface area contributed by atoms with Crippen LogP contribution in [0.15, 0.2) is 52.4 Å². The lowest BCUT2D eigenvalue weighted by atomic mass is 9.95. The van der Waals surface area contributed by atoms with Crippen LogP contribution in [0.2, 0.25) is 0 Å². The van der Waals surface area contributed by atoms with Crippen molar-refractivity contribution in [1.29, 1.82) is 0 Å². The minimum atomic E-state index is -0.262. The average molecular weight is 408 g/mol. The summed E-state index contributed by atoms with van der Waals surface area (Å²) in [6.07, 6.45) is 0.704. The SMILES string of the molecule is C=C(C)CSc1nc2nc3c(cc2c(=O)n1-c1ccc(C)cc1)COC(C)(C)C3. The second kappa shape index (κ2) is 7.43. The molecule has 150 valence electrons. The maximum absolute atomic E-state index is 13.5. The molecule has 0 atom stereocenters. The van der Waals surface area contributed by atoms with Crippen LogP contribution in [0, 0.1) is 6.92 Å². The van der Waals surface area contributed by atoms with Crippen molar-refractivity contribution in [2.24, 2.45) is 0 Å². The van der Waals surface area contributed by atoms with Crippen molar-refractivity contribution in [3.8, 4) is 5.69 Å². The molecule has 0 spiro atoms. The molecule has 2 aromatic heterocycles. The monoisotopic (exact) mass is 407 g/mol. The highest BCUT2D eigenvalue weighted by molar-refractivity contribution is 7.99. The summed E-state index contributed by atoms with van der Waals surface area (Å²) in [7, 11) is 0. The first-order valence-electron chi connectivity index (χ1n) is 9.67. The van der Waals surface area contributed by atoms with Gasteiger partial charge in [-0.05, 0) is 45.9 Å². The summed E-state index contributed by atoms with van der Waals surface area (Å²) in [5, 5.41) is 1.15. The number of thioether (sulfide) groups is 1. The Kier molecular flexibility index (Phi) is 5.09. The van der Waals surface area contributed by atoms with Crippen LogP contribution in [0.3, 0.4) is 0 Å². The van der Waals surface area contributed by atoms with Gasteiger partial charge in [0, 0.05) is 17.7 Å². The summed E-state index contributed by atoms with van der Waals surface area (Å²) >= 11 is 1.51. The zero-order valence-corrected chi connectivity index (χ0v) is 18.1. The molecule has 6 heteroatoms. The van der Waals surface area contributed by atoms with Crippen LogP contribution in [0.4, 0.5) is 0 Å². The molecule has 0 fully saturated rings. The van der Waals surface area contributed by atoms with Crippen LogP contribution in [0.25, 0.3) is 16.7 Å². The Morgan fingerprint density at radius 3 is 2.69 bits per heavy atom. The first-order chi connectivity index (χ1) is 13.7. The molecular weight excluding hydrogens is 382 g/mol. The predicted molar refractivity (Wildman–Crippen MR) is 118 cm³/mol. The van der Waals surface area contributed by atoms with Gasteiger partial charge in [0.25, 0.3) is 5.56 Å². The quantitative estimate of drug-likeness (QED) is 0.359. The van der Waals surface area contributed by atoms with E-state index in [1.165, 1.54) is 11.8 Å². The van der Waals surface area contributed by atoms with Gasteiger partial charge in [0.05, 0.1) is 29.0 Å². The molecule has 0 aliphatic carbocycles. The van der Waals surface area contributed by atoms with Crippen LogP contribution in [0.1, 0.15) is 37.6 Å². The van der Waals surface area contributed by atoms with Gasteiger partial charge in [-0.25, -0.2) is 9.97 Å². The second-order valence-corrected chi connectivity index (χ2v) is 9.25. The molecule has 1 aromatic carbocycles. The standard InChI is InChI=1S/C23H25N3O2S/c1-14(2)13-29-22-25-20-18(10-16-12-28-23(4,5)11-19(16)24-20)21(27)26(22)17-8-6-15(3)7-9-17/h6-10H,1,11-13H2,2-5H3. The van der Waals surface area contributed by atoms with Gasteiger partial charge >= 0.3 is 0 Å². The Bertz CT molecular complexity index is 1160. The maximum Gasteiger partial charge on any atom is 0.268 e. The van der Waals surface area contributed by atoms with Crippen LogP contribution in [0.5, 0.6) is 0 Å². The minimum absolute atomic E-state index is 0.108. The van der Waals surface area contributed by atoms with Crippen molar-refractivity contribution in [2.45, 2.75) is 51.5 Å². The number of pyridine rings is 1. The number of rotatable bonds is 4. The number of aryl methyl sites for hydroxylation is 1. The Balaban J connectivity index is 1.93. The van der Waals surface area contributed by atoms with Gasteiger partial charge in [0.15, 0.2) is 10.8 Å². The molecule has 1 aliphatic rings. The Labute approximate surface area is 174 Å². The number of benzene rings is 1. The Morgan fingerprint density at radius 1 is 1.28 bits per heavy atom. The Hall–Kier alpha value is -2.44. The summed E-state index contributed by atoms with van der Waals surface area (Å²) in [6.45, 7) is 12.5. The largest absolute Gasteiger partial charge is 0.370 e. The topological polar surface area (TPSA) is 57.0 Å². The summed E-state index contributed by atoms with van der Waals surface area (Å²) in [5.74, 6) is 0.690. The Morgan fingerprint density at radius 2 is 2.00 bits per heavy atom. The number of fused-ring (bicyclic) bond motifs is 2. The minimum Gasteiger partial charge on any atom is -0.370 e. The third-order valence-electron chi connectivity index (χ3n) is 4.95. The molecule has 1 aliphatic heterocycles. The van der Waals surface area contributed by atoms with Crippen molar-refractivity contribution in [2.75, 3.05) is 5.75 Å². The van der Waals surface area contributed by atoms with E-state index in [-0.39, 0.29) is 11.2 Å². The van der Waals surface area contributed by atoms with Crippen molar-refractivity contribution in [1.82, 2.24) is 14.5 Å². The van der Waals surface area contributed by atoms with Gasteiger partial charge in [-0.2, -0.15) is 0 Å². The van der Waals surface area contributed by atoms with Crippen molar-refractivity contribution in [3.63, 3.8) is 0 Å². The lowest BCUT2D eigenvalue weighted by Gasteiger charge is -2.31. The van der Waals surface area contributed by atoms with Crippen LogP contribution >= 0.6 is 11.8 Å². The molecule has 0 N–H and O–H groups in total. The average Bonchev–Trinajstić information content (AvgIpc) is 2.65. The number of hydrogen-bond acceptors (Lipinski definition) is 5. The number of aromatic nitrogens is 3. The first-order valence-corrected chi connectivity index (χ1v) is 10.7. The summed E-state index contributed by atoms with van der Waals surface area (Å²) in [4.78, 5) is 23.1. The molecule has 0 saturated heterocycles. The number of nitrogens with zero attached hydrogens (tertiary/aromatic N) is 3. The highest BCUT2D eigenvalue weighted by Crippen LogP contribution is 2.29. The summed E-state index contributed by atoms with van der Waals surface area (Å²) < 4.78 is 7.59. The van der Waals surface area contributed by atoms with Gasteiger partial charge < -0.3 is 4.74 Å². The van der Waals surface area contributed by atoms with Gasteiger partial charge in [0.2, 0.25) is 0 Å². The van der Waals surface area contributed by atoms with Crippen molar-refractivity contribution >= 4 is 22.8 Å². The molecule has 0 saturated carbocycles. The highest BCUT2D eigenvalue weighted by Gasteiger charge is 2.28. The van der Waals surface area contributed by atoms with Gasteiger partial charge in [-0.1, -0.05) is 41.6 Å². The molecule has 4 rings (SSSR count). The van der Waals surface area contributed by atoms with E-state index in [1.807, 2.05) is 44.2 Å².